The van der Waals surface area contributed by atoms with Crippen molar-refractivity contribution in [2.45, 2.75) is 46.0 Å². The maximum atomic E-state index is 14.6. The Morgan fingerprint density at radius 2 is 1.88 bits per heavy atom. The molecule has 0 spiro atoms. The number of aromatic nitrogens is 2. The smallest absolute Gasteiger partial charge is 0.224 e. The van der Waals surface area contributed by atoms with E-state index in [1.54, 1.807) is 0 Å². The highest BCUT2D eigenvalue weighted by atomic mass is 32.2. The second-order valence-electron chi connectivity index (χ2n) is 7.23. The number of sulfone groups is 1. The van der Waals surface area contributed by atoms with Crippen molar-refractivity contribution in [2.24, 2.45) is 0 Å². The molecule has 1 heterocycles. The molecular weight excluding hydrogens is 343 g/mol. The fourth-order valence-corrected chi connectivity index (χ4v) is 3.04. The predicted octanol–water partition coefficient (Wildman–Crippen LogP) is 3.44. The lowest BCUT2D eigenvalue weighted by atomic mass is 9.86. The third kappa shape index (κ3) is 5.11. The third-order valence-electron chi connectivity index (χ3n) is 3.85. The molecule has 0 aliphatic rings. The quantitative estimate of drug-likeness (QED) is 0.731. The van der Waals surface area contributed by atoms with Gasteiger partial charge in [0.15, 0.2) is 0 Å². The van der Waals surface area contributed by atoms with E-state index >= 15 is 0 Å². The van der Waals surface area contributed by atoms with Crippen LogP contribution in [-0.2, 0) is 21.7 Å². The molecule has 0 fully saturated rings. The van der Waals surface area contributed by atoms with Crippen molar-refractivity contribution in [1.29, 1.82) is 0 Å². The first-order chi connectivity index (χ1) is 11.5. The van der Waals surface area contributed by atoms with Gasteiger partial charge in [0.2, 0.25) is 5.88 Å². The molecule has 0 bridgehead atoms. The molecule has 0 saturated heterocycles. The average Bonchev–Trinajstić information content (AvgIpc) is 2.49. The van der Waals surface area contributed by atoms with Crippen LogP contribution < -0.4 is 4.74 Å². The second kappa shape index (κ2) is 7.23. The largest absolute Gasteiger partial charge is 0.477 e. The van der Waals surface area contributed by atoms with Crippen LogP contribution >= 0.6 is 0 Å². The van der Waals surface area contributed by atoms with E-state index < -0.39 is 15.7 Å². The van der Waals surface area contributed by atoms with Crippen LogP contribution in [0.1, 0.15) is 45.5 Å². The molecule has 0 aliphatic heterocycles. The summed E-state index contributed by atoms with van der Waals surface area (Å²) in [6.45, 7) is 8.09. The highest BCUT2D eigenvalue weighted by Crippen LogP contribution is 2.31. The van der Waals surface area contributed by atoms with E-state index in [9.17, 15) is 12.8 Å². The van der Waals surface area contributed by atoms with Crippen LogP contribution in [0.3, 0.4) is 0 Å². The summed E-state index contributed by atoms with van der Waals surface area (Å²) in [4.78, 5) is 8.65. The van der Waals surface area contributed by atoms with Crippen molar-refractivity contribution in [3.05, 3.63) is 29.3 Å². The third-order valence-corrected chi connectivity index (χ3v) is 4.88. The number of fused-ring (bicyclic) bond motifs is 1. The highest BCUT2D eigenvalue weighted by Gasteiger charge is 2.20. The molecule has 5 nitrogen and oxygen atoms in total. The molecule has 0 amide bonds. The first-order valence-electron chi connectivity index (χ1n) is 8.32. The van der Waals surface area contributed by atoms with E-state index in [4.69, 9.17) is 4.74 Å². The molecule has 138 valence electrons. The van der Waals surface area contributed by atoms with Crippen molar-refractivity contribution < 1.29 is 17.5 Å². The minimum atomic E-state index is -3.04. The van der Waals surface area contributed by atoms with E-state index in [0.29, 0.717) is 29.9 Å². The van der Waals surface area contributed by atoms with E-state index in [2.05, 4.69) is 9.97 Å². The number of rotatable bonds is 6. The van der Waals surface area contributed by atoms with Gasteiger partial charge in [-0.2, -0.15) is 4.98 Å². The summed E-state index contributed by atoms with van der Waals surface area (Å²) in [6, 6.07) is 3.35. The van der Waals surface area contributed by atoms with Crippen molar-refractivity contribution >= 4 is 20.7 Å². The lowest BCUT2D eigenvalue weighted by Crippen LogP contribution is -2.13. The van der Waals surface area contributed by atoms with E-state index in [-0.39, 0.29) is 23.3 Å². The van der Waals surface area contributed by atoms with Gasteiger partial charge in [-0.3, -0.25) is 0 Å². The summed E-state index contributed by atoms with van der Waals surface area (Å²) in [5.74, 6) is 0.437. The van der Waals surface area contributed by atoms with Crippen LogP contribution in [0.5, 0.6) is 5.88 Å². The van der Waals surface area contributed by atoms with Gasteiger partial charge in [-0.15, -0.1) is 0 Å². The highest BCUT2D eigenvalue weighted by molar-refractivity contribution is 7.90. The molecule has 0 unspecified atom stereocenters. The molecule has 1 aromatic heterocycles. The van der Waals surface area contributed by atoms with Crippen LogP contribution in [0.25, 0.3) is 10.9 Å². The molecule has 1 aromatic carbocycles. The molecule has 0 atom stereocenters. The molecule has 0 N–H and O–H groups in total. The Morgan fingerprint density at radius 3 is 2.44 bits per heavy atom. The lowest BCUT2D eigenvalue weighted by Gasteiger charge is -2.20. The van der Waals surface area contributed by atoms with Crippen molar-refractivity contribution in [3.8, 4) is 5.88 Å². The zero-order chi connectivity index (χ0) is 18.8. The van der Waals surface area contributed by atoms with E-state index in [1.165, 1.54) is 12.3 Å². The number of hydrogen-bond donors (Lipinski definition) is 0. The van der Waals surface area contributed by atoms with Gasteiger partial charge in [-0.05, 0) is 29.5 Å². The zero-order valence-electron chi connectivity index (χ0n) is 15.4. The van der Waals surface area contributed by atoms with Gasteiger partial charge in [0, 0.05) is 12.7 Å². The van der Waals surface area contributed by atoms with Gasteiger partial charge in [0.25, 0.3) is 0 Å². The van der Waals surface area contributed by atoms with Crippen LogP contribution in [0, 0.1) is 5.82 Å². The maximum Gasteiger partial charge on any atom is 0.224 e. The monoisotopic (exact) mass is 368 g/mol. The number of aryl methyl sites for hydroxylation is 1. The predicted molar refractivity (Wildman–Crippen MR) is 97.4 cm³/mol. The summed E-state index contributed by atoms with van der Waals surface area (Å²) in [5.41, 5.74) is 0.829. The summed E-state index contributed by atoms with van der Waals surface area (Å²) >= 11 is 0. The van der Waals surface area contributed by atoms with Gasteiger partial charge in [-0.1, -0.05) is 27.7 Å². The normalized spacial score (nSPS) is 12.6. The van der Waals surface area contributed by atoms with Crippen LogP contribution in [0.2, 0.25) is 0 Å². The number of hydrogen-bond acceptors (Lipinski definition) is 5. The van der Waals surface area contributed by atoms with Gasteiger partial charge in [-0.25, -0.2) is 17.8 Å². The molecule has 0 saturated carbocycles. The number of nitrogens with zero attached hydrogens (tertiary/aromatic N) is 2. The first kappa shape index (κ1) is 19.6. The molecule has 0 radical (unpaired) electrons. The lowest BCUT2D eigenvalue weighted by molar-refractivity contribution is 0.308. The fourth-order valence-electron chi connectivity index (χ4n) is 2.40. The minimum Gasteiger partial charge on any atom is -0.477 e. The molecule has 25 heavy (non-hydrogen) atoms. The van der Waals surface area contributed by atoms with Crippen molar-refractivity contribution in [1.82, 2.24) is 9.97 Å². The Morgan fingerprint density at radius 1 is 1.20 bits per heavy atom. The first-order valence-corrected chi connectivity index (χ1v) is 10.4. The molecule has 7 heteroatoms. The van der Waals surface area contributed by atoms with E-state index in [1.807, 2.05) is 33.8 Å². The van der Waals surface area contributed by atoms with Crippen LogP contribution in [0.4, 0.5) is 4.39 Å². The second-order valence-corrected chi connectivity index (χ2v) is 9.49. The minimum absolute atomic E-state index is 0.0399. The molecule has 2 aromatic rings. The Bertz CT molecular complexity index is 874. The summed E-state index contributed by atoms with van der Waals surface area (Å²) < 4.78 is 42.7. The van der Waals surface area contributed by atoms with Gasteiger partial charge in [0.1, 0.15) is 27.0 Å². The summed E-state index contributed by atoms with van der Waals surface area (Å²) in [5, 5.41) is 0.515. The standard InChI is InChI=1S/C18H25FN2O3S/c1-6-15-20-16-13(10-12(11-14(16)19)18(2,3)4)17(21-15)24-8-7-9-25(5,22)23/h10-11H,6-9H2,1-5H3. The molecule has 0 aliphatic carbocycles. The number of halogens is 1. The van der Waals surface area contributed by atoms with Gasteiger partial charge in [0.05, 0.1) is 17.7 Å². The summed E-state index contributed by atoms with van der Waals surface area (Å²) in [6.07, 6.45) is 2.09. The van der Waals surface area contributed by atoms with E-state index in [0.717, 1.165) is 5.56 Å². The Labute approximate surface area is 148 Å². The van der Waals surface area contributed by atoms with Crippen LogP contribution in [-0.4, -0.2) is 37.0 Å². The number of benzene rings is 1. The Balaban J connectivity index is 2.43. The molecule has 2 rings (SSSR count). The van der Waals surface area contributed by atoms with Gasteiger partial charge >= 0.3 is 0 Å². The summed E-state index contributed by atoms with van der Waals surface area (Å²) in [7, 11) is -3.04. The van der Waals surface area contributed by atoms with Crippen LogP contribution in [0.15, 0.2) is 12.1 Å². The maximum absolute atomic E-state index is 14.6. The van der Waals surface area contributed by atoms with Gasteiger partial charge < -0.3 is 4.74 Å². The zero-order valence-corrected chi connectivity index (χ0v) is 16.2. The number of ether oxygens (including phenoxy) is 1. The molecular formula is C18H25FN2O3S. The Kier molecular flexibility index (Phi) is 5.66. The SMILES string of the molecule is CCc1nc(OCCCS(C)(=O)=O)c2cc(C(C)(C)C)cc(F)c2n1. The van der Waals surface area contributed by atoms with Crippen molar-refractivity contribution in [3.63, 3.8) is 0 Å². The topological polar surface area (TPSA) is 69.2 Å². The van der Waals surface area contributed by atoms with Crippen molar-refractivity contribution in [2.75, 3.05) is 18.6 Å². The fraction of sp³-hybridized carbons (Fsp3) is 0.556. The Hall–Kier alpha value is -1.76. The average molecular weight is 368 g/mol.